The van der Waals surface area contributed by atoms with Gasteiger partial charge < -0.3 is 9.94 Å². The lowest BCUT2D eigenvalue weighted by atomic mass is 10.0. The van der Waals surface area contributed by atoms with Gasteiger partial charge in [-0.1, -0.05) is 23.8 Å². The molecule has 0 fully saturated rings. The van der Waals surface area contributed by atoms with E-state index in [0.717, 1.165) is 5.56 Å². The number of fused-ring (bicyclic) bond motifs is 1. The summed E-state index contributed by atoms with van der Waals surface area (Å²) in [7, 11) is 1.49. The van der Waals surface area contributed by atoms with Crippen LogP contribution in [-0.2, 0) is 0 Å². The number of ketones is 1. The number of ether oxygens (including phenoxy) is 1. The van der Waals surface area contributed by atoms with Gasteiger partial charge in [-0.05, 0) is 25.1 Å². The highest BCUT2D eigenvalue weighted by atomic mass is 16.5. The minimum Gasteiger partial charge on any atom is -0.618 e. The molecule has 0 radical (unpaired) electrons. The van der Waals surface area contributed by atoms with E-state index >= 15 is 0 Å². The third-order valence-electron chi connectivity index (χ3n) is 3.41. The molecule has 4 heteroatoms. The first-order valence-electron chi connectivity index (χ1n) is 6.26. The number of carbonyl (C=O) groups excluding carboxylic acids is 1. The van der Waals surface area contributed by atoms with Gasteiger partial charge in [0, 0.05) is 6.07 Å². The lowest BCUT2D eigenvalue weighted by Crippen LogP contribution is -2.16. The quantitative estimate of drug-likeness (QED) is 0.621. The lowest BCUT2D eigenvalue weighted by Gasteiger charge is -2.03. The van der Waals surface area contributed by atoms with Gasteiger partial charge in [0.15, 0.2) is 0 Å². The molecule has 1 aliphatic heterocycles. The number of nitrogens with zero attached hydrogens (tertiary/aromatic N) is 1. The molecule has 0 unspecified atom stereocenters. The van der Waals surface area contributed by atoms with Crippen LogP contribution in [0.2, 0.25) is 0 Å². The van der Waals surface area contributed by atoms with E-state index in [4.69, 9.17) is 4.74 Å². The number of methoxy groups -OCH3 is 1. The summed E-state index contributed by atoms with van der Waals surface area (Å²) in [6.45, 7) is 1.96. The van der Waals surface area contributed by atoms with Crippen molar-refractivity contribution in [2.24, 2.45) is 0 Å². The molecule has 3 rings (SSSR count). The van der Waals surface area contributed by atoms with Crippen LogP contribution in [0.25, 0.3) is 0 Å². The summed E-state index contributed by atoms with van der Waals surface area (Å²) in [5.41, 5.74) is 2.51. The van der Waals surface area contributed by atoms with Gasteiger partial charge in [0.05, 0.1) is 12.7 Å². The first-order valence-corrected chi connectivity index (χ1v) is 6.26. The smallest absolute Gasteiger partial charge is 0.273 e. The lowest BCUT2D eigenvalue weighted by molar-refractivity contribution is -0.355. The molecule has 0 saturated heterocycles. The van der Waals surface area contributed by atoms with Crippen LogP contribution in [0.3, 0.4) is 0 Å². The zero-order valence-electron chi connectivity index (χ0n) is 11.2. The van der Waals surface area contributed by atoms with Gasteiger partial charge >= 0.3 is 0 Å². The van der Waals surface area contributed by atoms with Crippen molar-refractivity contribution in [3.05, 3.63) is 64.4 Å². The van der Waals surface area contributed by atoms with Crippen LogP contribution in [0.4, 0.5) is 5.69 Å². The van der Waals surface area contributed by atoms with Crippen LogP contribution in [0, 0.1) is 12.1 Å². The molecule has 0 atom stereocenters. The molecule has 2 aromatic carbocycles. The fourth-order valence-electron chi connectivity index (χ4n) is 2.38. The maximum atomic E-state index is 12.5. The Balaban J connectivity index is 2.18. The van der Waals surface area contributed by atoms with Crippen molar-refractivity contribution in [1.29, 1.82) is 0 Å². The van der Waals surface area contributed by atoms with Crippen LogP contribution < -0.4 is 4.74 Å². The summed E-state index contributed by atoms with van der Waals surface area (Å²) < 4.78 is 5.86. The Morgan fingerprint density at radius 3 is 2.45 bits per heavy atom. The molecule has 0 saturated carbocycles. The monoisotopic (exact) mass is 267 g/mol. The Hall–Kier alpha value is -2.62. The maximum absolute atomic E-state index is 12.5. The Bertz CT molecular complexity index is 730. The zero-order valence-corrected chi connectivity index (χ0v) is 11.2. The average Bonchev–Trinajstić information content (AvgIpc) is 2.72. The van der Waals surface area contributed by atoms with E-state index in [1.807, 2.05) is 19.1 Å². The van der Waals surface area contributed by atoms with Crippen molar-refractivity contribution in [3.8, 4) is 5.75 Å². The molecule has 0 spiro atoms. The topological polar surface area (TPSA) is 52.4 Å². The molecular weight excluding hydrogens is 254 g/mol. The number of rotatable bonds is 2. The van der Waals surface area contributed by atoms with E-state index in [2.05, 4.69) is 0 Å². The number of aryl methyl sites for hydroxylation is 1. The molecule has 100 valence electrons. The molecule has 0 aromatic heterocycles. The molecule has 0 amide bonds. The molecule has 20 heavy (non-hydrogen) atoms. The van der Waals surface area contributed by atoms with E-state index < -0.39 is 0 Å². The number of carbonyl (C=O) groups is 1. The fraction of sp³-hybridized carbons (Fsp3) is 0.125. The largest absolute Gasteiger partial charge is 0.618 e. The first kappa shape index (κ1) is 12.4. The van der Waals surface area contributed by atoms with Crippen LogP contribution in [0.15, 0.2) is 42.5 Å². The number of Topliss-reactive ketones (excluding diaryl/α,β-unsaturated/α-hetero) is 1. The standard InChI is InChI=1S/C16H13NO3/c1-10-6-8-11(9-7-10)15-16(18)14-12(17(15)19)4-3-5-13(14)20-2/h3-9H,1-2H3. The molecule has 1 aliphatic rings. The van der Waals surface area contributed by atoms with Crippen LogP contribution in [-0.4, -0.2) is 23.3 Å². The van der Waals surface area contributed by atoms with Gasteiger partial charge in [-0.25, -0.2) is 0 Å². The first-order chi connectivity index (χ1) is 9.63. The number of hydrogen-bond acceptors (Lipinski definition) is 3. The Labute approximate surface area is 116 Å². The fourth-order valence-corrected chi connectivity index (χ4v) is 2.38. The van der Waals surface area contributed by atoms with Gasteiger partial charge in [-0.15, -0.1) is 0 Å². The van der Waals surface area contributed by atoms with Gasteiger partial charge in [0.1, 0.15) is 11.3 Å². The third kappa shape index (κ3) is 1.69. The predicted octanol–water partition coefficient (Wildman–Crippen LogP) is 2.83. The number of benzene rings is 2. The summed E-state index contributed by atoms with van der Waals surface area (Å²) in [6, 6.07) is 12.3. The van der Waals surface area contributed by atoms with Gasteiger partial charge in [-0.2, -0.15) is 4.74 Å². The van der Waals surface area contributed by atoms with E-state index in [-0.39, 0.29) is 11.5 Å². The van der Waals surface area contributed by atoms with E-state index in [9.17, 15) is 10.0 Å². The van der Waals surface area contributed by atoms with E-state index in [0.29, 0.717) is 27.3 Å². The highest BCUT2D eigenvalue weighted by molar-refractivity contribution is 6.52. The van der Waals surface area contributed by atoms with Gasteiger partial charge in [0.25, 0.3) is 11.5 Å². The Kier molecular flexibility index (Phi) is 2.79. The highest BCUT2D eigenvalue weighted by Crippen LogP contribution is 2.34. The average molecular weight is 267 g/mol. The second-order valence-corrected chi connectivity index (χ2v) is 4.69. The van der Waals surface area contributed by atoms with Crippen LogP contribution in [0.5, 0.6) is 5.75 Å². The number of hydrogen-bond donors (Lipinski definition) is 0. The summed E-state index contributed by atoms with van der Waals surface area (Å²) in [6.07, 6.45) is 0. The van der Waals surface area contributed by atoms with Gasteiger partial charge in [0.2, 0.25) is 5.69 Å². The zero-order chi connectivity index (χ0) is 14.3. The summed E-state index contributed by atoms with van der Waals surface area (Å²) in [4.78, 5) is 12.5. The molecule has 4 nitrogen and oxygen atoms in total. The second-order valence-electron chi connectivity index (χ2n) is 4.69. The normalized spacial score (nSPS) is 13.6. The molecule has 0 bridgehead atoms. The molecule has 0 N–H and O–H groups in total. The molecular formula is C16H13NO3. The second kappa shape index (κ2) is 4.49. The Morgan fingerprint density at radius 2 is 1.80 bits per heavy atom. The minimum absolute atomic E-state index is 0.143. The van der Waals surface area contributed by atoms with Gasteiger partial charge in [-0.3, -0.25) is 4.79 Å². The van der Waals surface area contributed by atoms with Crippen molar-refractivity contribution < 1.29 is 14.3 Å². The maximum Gasteiger partial charge on any atom is 0.273 e. The van der Waals surface area contributed by atoms with Crippen LogP contribution in [0.1, 0.15) is 21.5 Å². The molecule has 1 heterocycles. The minimum atomic E-state index is -0.295. The predicted molar refractivity (Wildman–Crippen MR) is 75.9 cm³/mol. The van der Waals surface area contributed by atoms with Crippen molar-refractivity contribution in [3.63, 3.8) is 0 Å². The SMILES string of the molecule is COc1cccc2c1C(=O)C(c1ccc(C)cc1)=[N+]2[O-]. The van der Waals surface area contributed by atoms with E-state index in [1.165, 1.54) is 7.11 Å². The van der Waals surface area contributed by atoms with Crippen molar-refractivity contribution in [2.45, 2.75) is 6.92 Å². The molecule has 2 aromatic rings. The van der Waals surface area contributed by atoms with Crippen LogP contribution >= 0.6 is 0 Å². The highest BCUT2D eigenvalue weighted by Gasteiger charge is 2.39. The van der Waals surface area contributed by atoms with Crippen molar-refractivity contribution >= 4 is 17.2 Å². The summed E-state index contributed by atoms with van der Waals surface area (Å²) in [5.74, 6) is 0.131. The Morgan fingerprint density at radius 1 is 1.10 bits per heavy atom. The summed E-state index contributed by atoms with van der Waals surface area (Å²) >= 11 is 0. The van der Waals surface area contributed by atoms with Crippen molar-refractivity contribution in [1.82, 2.24) is 0 Å². The third-order valence-corrected chi connectivity index (χ3v) is 3.41. The molecule has 0 aliphatic carbocycles. The van der Waals surface area contributed by atoms with Crippen molar-refractivity contribution in [2.75, 3.05) is 7.11 Å². The summed E-state index contributed by atoms with van der Waals surface area (Å²) in [5, 5.41) is 12.4. The van der Waals surface area contributed by atoms with E-state index in [1.54, 1.807) is 30.3 Å².